The van der Waals surface area contributed by atoms with Gasteiger partial charge in [0, 0.05) is 52.2 Å². The van der Waals surface area contributed by atoms with Gasteiger partial charge in [-0.3, -0.25) is 4.79 Å². The van der Waals surface area contributed by atoms with Crippen LogP contribution in [0.15, 0.2) is 42.6 Å². The molecule has 0 bridgehead atoms. The van der Waals surface area contributed by atoms with Crippen LogP contribution in [0, 0.1) is 0 Å². The molecular formula is C21H23F3N4O3. The molecule has 1 aliphatic rings. The van der Waals surface area contributed by atoms with Gasteiger partial charge in [-0.1, -0.05) is 6.07 Å². The van der Waals surface area contributed by atoms with Crippen molar-refractivity contribution in [3.05, 3.63) is 53.7 Å². The van der Waals surface area contributed by atoms with Crippen molar-refractivity contribution in [2.75, 3.05) is 56.7 Å². The Hall–Kier alpha value is -3.30. The Morgan fingerprint density at radius 1 is 1.10 bits per heavy atom. The molecule has 0 spiro atoms. The van der Waals surface area contributed by atoms with E-state index < -0.39 is 24.3 Å². The highest BCUT2D eigenvalue weighted by Crippen LogP contribution is 2.31. The molecule has 1 fully saturated rings. The molecule has 2 aromatic rings. The van der Waals surface area contributed by atoms with Crippen LogP contribution in [0.25, 0.3) is 0 Å². The fraction of sp³-hybridized carbons (Fsp3) is 0.381. The number of esters is 1. The number of nitrogens with zero attached hydrogens (tertiary/aromatic N) is 4. The Labute approximate surface area is 178 Å². The van der Waals surface area contributed by atoms with Crippen LogP contribution < -0.4 is 9.80 Å². The Morgan fingerprint density at radius 3 is 2.39 bits per heavy atom. The molecule has 1 aliphatic heterocycles. The number of amides is 1. The fourth-order valence-corrected chi connectivity index (χ4v) is 3.17. The van der Waals surface area contributed by atoms with Gasteiger partial charge in [-0.15, -0.1) is 0 Å². The van der Waals surface area contributed by atoms with Gasteiger partial charge in [-0.05, 0) is 30.3 Å². The van der Waals surface area contributed by atoms with Gasteiger partial charge in [0.05, 0.1) is 11.1 Å². The summed E-state index contributed by atoms with van der Waals surface area (Å²) in [7, 11) is 3.65. The standard InChI is InChI=1S/C21H23F3N4O3/c1-26(2)18-7-6-15(13-25-18)20(30)31-14-19(29)28-10-8-27(9-11-28)17-5-3-4-16(12-17)21(22,23)24/h3-7,12-13H,8-11,14H2,1-2H3. The van der Waals surface area contributed by atoms with Gasteiger partial charge >= 0.3 is 12.1 Å². The quantitative estimate of drug-likeness (QED) is 0.672. The number of alkyl halides is 3. The molecule has 0 N–H and O–H groups in total. The molecular weight excluding hydrogens is 413 g/mol. The second-order valence-corrected chi connectivity index (χ2v) is 7.29. The second kappa shape index (κ2) is 9.23. The molecule has 31 heavy (non-hydrogen) atoms. The van der Waals surface area contributed by atoms with E-state index in [1.165, 1.54) is 17.2 Å². The summed E-state index contributed by atoms with van der Waals surface area (Å²) in [5, 5.41) is 0. The first kappa shape index (κ1) is 22.4. The van der Waals surface area contributed by atoms with Crippen LogP contribution in [-0.2, 0) is 15.7 Å². The Kier molecular flexibility index (Phi) is 6.67. The highest BCUT2D eigenvalue weighted by atomic mass is 19.4. The minimum Gasteiger partial charge on any atom is -0.452 e. The largest absolute Gasteiger partial charge is 0.452 e. The monoisotopic (exact) mass is 436 g/mol. The summed E-state index contributed by atoms with van der Waals surface area (Å²) in [4.78, 5) is 33.7. The molecule has 2 heterocycles. The van der Waals surface area contributed by atoms with Crippen LogP contribution in [0.2, 0.25) is 0 Å². The predicted octanol–water partition coefficient (Wildman–Crippen LogP) is 2.67. The summed E-state index contributed by atoms with van der Waals surface area (Å²) in [6.07, 6.45) is -3.02. The van der Waals surface area contributed by atoms with Gasteiger partial charge in [0.1, 0.15) is 5.82 Å². The summed E-state index contributed by atoms with van der Waals surface area (Å²) in [5.41, 5.74) is -0.00156. The van der Waals surface area contributed by atoms with Crippen LogP contribution in [-0.4, -0.2) is 68.6 Å². The summed E-state index contributed by atoms with van der Waals surface area (Å²) in [6, 6.07) is 8.36. The van der Waals surface area contributed by atoms with Gasteiger partial charge in [0.25, 0.3) is 5.91 Å². The number of benzene rings is 1. The zero-order chi connectivity index (χ0) is 22.6. The number of rotatable bonds is 5. The number of halogens is 3. The van der Waals surface area contributed by atoms with Crippen LogP contribution in [0.4, 0.5) is 24.7 Å². The molecule has 1 aromatic carbocycles. The third-order valence-corrected chi connectivity index (χ3v) is 4.94. The fourth-order valence-electron chi connectivity index (χ4n) is 3.17. The molecule has 0 saturated carbocycles. The molecule has 0 atom stereocenters. The van der Waals surface area contributed by atoms with E-state index in [4.69, 9.17) is 4.74 Å². The molecule has 7 nitrogen and oxygen atoms in total. The molecule has 1 aromatic heterocycles. The number of aromatic nitrogens is 1. The van der Waals surface area contributed by atoms with Crippen molar-refractivity contribution in [3.63, 3.8) is 0 Å². The van der Waals surface area contributed by atoms with E-state index in [-0.39, 0.29) is 11.5 Å². The van der Waals surface area contributed by atoms with Crippen molar-refractivity contribution in [3.8, 4) is 0 Å². The number of carbonyl (C=O) groups excluding carboxylic acids is 2. The zero-order valence-corrected chi connectivity index (χ0v) is 17.2. The maximum Gasteiger partial charge on any atom is 0.416 e. The summed E-state index contributed by atoms with van der Waals surface area (Å²) < 4.78 is 43.8. The van der Waals surface area contributed by atoms with Crippen molar-refractivity contribution >= 4 is 23.4 Å². The number of hydrogen-bond donors (Lipinski definition) is 0. The number of anilines is 2. The van der Waals surface area contributed by atoms with E-state index in [0.717, 1.165) is 12.1 Å². The minimum absolute atomic E-state index is 0.243. The summed E-state index contributed by atoms with van der Waals surface area (Å²) >= 11 is 0. The number of piperazine rings is 1. The van der Waals surface area contributed by atoms with Gasteiger partial charge in [-0.25, -0.2) is 9.78 Å². The molecule has 0 aliphatic carbocycles. The second-order valence-electron chi connectivity index (χ2n) is 7.29. The van der Waals surface area contributed by atoms with E-state index in [1.807, 2.05) is 14.1 Å². The SMILES string of the molecule is CN(C)c1ccc(C(=O)OCC(=O)N2CCN(c3cccc(C(F)(F)F)c3)CC2)cn1. The van der Waals surface area contributed by atoms with E-state index in [1.54, 1.807) is 28.0 Å². The average Bonchev–Trinajstić information content (AvgIpc) is 2.77. The van der Waals surface area contributed by atoms with Gasteiger partial charge in [-0.2, -0.15) is 13.2 Å². The van der Waals surface area contributed by atoms with Crippen LogP contribution >= 0.6 is 0 Å². The first-order chi connectivity index (χ1) is 14.6. The summed E-state index contributed by atoms with van der Waals surface area (Å²) in [6.45, 7) is 1.02. The lowest BCUT2D eigenvalue weighted by Gasteiger charge is -2.36. The zero-order valence-electron chi connectivity index (χ0n) is 17.2. The molecule has 0 radical (unpaired) electrons. The number of hydrogen-bond acceptors (Lipinski definition) is 6. The lowest BCUT2D eigenvalue weighted by Crippen LogP contribution is -2.50. The van der Waals surface area contributed by atoms with Gasteiger partial charge in [0.15, 0.2) is 6.61 Å². The third kappa shape index (κ3) is 5.65. The van der Waals surface area contributed by atoms with Crippen molar-refractivity contribution < 1.29 is 27.5 Å². The maximum atomic E-state index is 12.9. The molecule has 166 valence electrons. The Bertz CT molecular complexity index is 924. The van der Waals surface area contributed by atoms with Crippen LogP contribution in [0.5, 0.6) is 0 Å². The average molecular weight is 436 g/mol. The van der Waals surface area contributed by atoms with Crippen LogP contribution in [0.3, 0.4) is 0 Å². The van der Waals surface area contributed by atoms with Gasteiger partial charge < -0.3 is 19.4 Å². The van der Waals surface area contributed by atoms with E-state index in [2.05, 4.69) is 4.98 Å². The van der Waals surface area contributed by atoms with E-state index >= 15 is 0 Å². The van der Waals surface area contributed by atoms with E-state index in [0.29, 0.717) is 37.7 Å². The summed E-state index contributed by atoms with van der Waals surface area (Å²) in [5.74, 6) is -0.310. The first-order valence-corrected chi connectivity index (χ1v) is 9.65. The Morgan fingerprint density at radius 2 is 1.81 bits per heavy atom. The van der Waals surface area contributed by atoms with Crippen molar-refractivity contribution in [1.82, 2.24) is 9.88 Å². The van der Waals surface area contributed by atoms with Crippen molar-refractivity contribution in [2.24, 2.45) is 0 Å². The number of pyridine rings is 1. The number of ether oxygens (including phenoxy) is 1. The minimum atomic E-state index is -4.40. The van der Waals surface area contributed by atoms with E-state index in [9.17, 15) is 22.8 Å². The van der Waals surface area contributed by atoms with Crippen molar-refractivity contribution in [2.45, 2.75) is 6.18 Å². The van der Waals surface area contributed by atoms with Crippen LogP contribution in [0.1, 0.15) is 15.9 Å². The third-order valence-electron chi connectivity index (χ3n) is 4.94. The maximum absolute atomic E-state index is 12.9. The normalized spacial score (nSPS) is 14.4. The molecule has 1 amide bonds. The molecule has 10 heteroatoms. The highest BCUT2D eigenvalue weighted by molar-refractivity contribution is 5.91. The van der Waals surface area contributed by atoms with Crippen molar-refractivity contribution in [1.29, 1.82) is 0 Å². The predicted molar refractivity (Wildman–Crippen MR) is 109 cm³/mol. The lowest BCUT2D eigenvalue weighted by atomic mass is 10.1. The molecule has 3 rings (SSSR count). The lowest BCUT2D eigenvalue weighted by molar-refractivity contribution is -0.137. The Balaban J connectivity index is 1.49. The first-order valence-electron chi connectivity index (χ1n) is 9.65. The highest BCUT2D eigenvalue weighted by Gasteiger charge is 2.31. The molecule has 0 unspecified atom stereocenters. The smallest absolute Gasteiger partial charge is 0.416 e. The number of carbonyl (C=O) groups is 2. The topological polar surface area (TPSA) is 66.0 Å². The van der Waals surface area contributed by atoms with Gasteiger partial charge in [0.2, 0.25) is 0 Å². The molecule has 1 saturated heterocycles.